The average molecular weight is 372 g/mol. The molecule has 5 rings (SSSR count). The lowest BCUT2D eigenvalue weighted by Gasteiger charge is -2.13. The highest BCUT2D eigenvalue weighted by Crippen LogP contribution is 2.40. The Hall–Kier alpha value is -3.87. The number of nitrogen functional groups attached to an aromatic ring is 1. The van der Waals surface area contributed by atoms with E-state index in [1.54, 1.807) is 7.11 Å². The summed E-state index contributed by atoms with van der Waals surface area (Å²) in [5.41, 5.74) is 10.1. The van der Waals surface area contributed by atoms with Crippen LogP contribution in [0.2, 0.25) is 0 Å². The van der Waals surface area contributed by atoms with Crippen molar-refractivity contribution in [2.45, 2.75) is 0 Å². The van der Waals surface area contributed by atoms with Gasteiger partial charge in [-0.15, -0.1) is 0 Å². The summed E-state index contributed by atoms with van der Waals surface area (Å²) < 4.78 is 16.5. The van der Waals surface area contributed by atoms with Gasteiger partial charge in [-0.3, -0.25) is 0 Å². The van der Waals surface area contributed by atoms with Crippen LogP contribution < -0.4 is 19.9 Å². The van der Waals surface area contributed by atoms with Crippen molar-refractivity contribution in [1.29, 1.82) is 0 Å². The molecule has 0 spiro atoms. The Morgan fingerprint density at radius 3 is 2.71 bits per heavy atom. The van der Waals surface area contributed by atoms with E-state index in [1.807, 2.05) is 48.5 Å². The number of anilines is 1. The molecule has 0 bridgehead atoms. The van der Waals surface area contributed by atoms with Crippen molar-refractivity contribution in [2.75, 3.05) is 19.6 Å². The number of nitrogens with two attached hydrogens (primary N) is 1. The quantitative estimate of drug-likeness (QED) is 0.586. The fourth-order valence-corrected chi connectivity index (χ4v) is 3.37. The van der Waals surface area contributed by atoms with Crippen LogP contribution in [-0.2, 0) is 0 Å². The highest BCUT2D eigenvalue weighted by Gasteiger charge is 2.19. The molecule has 0 radical (unpaired) electrons. The van der Waals surface area contributed by atoms with Crippen LogP contribution in [0.4, 0.5) is 5.82 Å². The number of hydrogen-bond donors (Lipinski definition) is 1. The highest BCUT2D eigenvalue weighted by atomic mass is 16.7. The van der Waals surface area contributed by atoms with E-state index in [0.29, 0.717) is 22.6 Å². The zero-order valence-electron chi connectivity index (χ0n) is 15.0. The maximum absolute atomic E-state index is 6.18. The number of fused-ring (bicyclic) bond motifs is 2. The van der Waals surface area contributed by atoms with Crippen molar-refractivity contribution in [3.05, 3.63) is 54.9 Å². The van der Waals surface area contributed by atoms with Gasteiger partial charge in [-0.1, -0.05) is 18.2 Å². The number of benzene rings is 2. The van der Waals surface area contributed by atoms with Gasteiger partial charge in [0.2, 0.25) is 6.79 Å². The third-order valence-electron chi connectivity index (χ3n) is 4.70. The number of methoxy groups -OCH3 is 1. The summed E-state index contributed by atoms with van der Waals surface area (Å²) in [6, 6.07) is 15.5. The third-order valence-corrected chi connectivity index (χ3v) is 4.70. The lowest BCUT2D eigenvalue weighted by molar-refractivity contribution is 0.174. The van der Waals surface area contributed by atoms with Gasteiger partial charge in [-0.05, 0) is 41.5 Å². The van der Waals surface area contributed by atoms with E-state index in [4.69, 9.17) is 24.9 Å². The molecule has 2 aromatic heterocycles. The van der Waals surface area contributed by atoms with Crippen LogP contribution in [0.5, 0.6) is 17.2 Å². The monoisotopic (exact) mass is 372 g/mol. The molecule has 28 heavy (non-hydrogen) atoms. The van der Waals surface area contributed by atoms with Crippen LogP contribution in [0.1, 0.15) is 0 Å². The summed E-state index contributed by atoms with van der Waals surface area (Å²) in [5, 5.41) is 0.694. The largest absolute Gasteiger partial charge is 0.496 e. The molecule has 0 unspecified atom stereocenters. The molecule has 4 aromatic rings. The Morgan fingerprint density at radius 1 is 0.964 bits per heavy atom. The van der Waals surface area contributed by atoms with Crippen molar-refractivity contribution >= 4 is 16.9 Å². The Balaban J connectivity index is 1.80. The highest BCUT2D eigenvalue weighted by molar-refractivity contribution is 6.01. The van der Waals surface area contributed by atoms with Gasteiger partial charge in [0, 0.05) is 5.56 Å². The predicted octanol–water partition coefficient (Wildman–Crippen LogP) is 3.68. The van der Waals surface area contributed by atoms with E-state index in [-0.39, 0.29) is 6.79 Å². The smallest absolute Gasteiger partial charge is 0.231 e. The maximum Gasteiger partial charge on any atom is 0.231 e. The first-order chi connectivity index (χ1) is 13.7. The van der Waals surface area contributed by atoms with Gasteiger partial charge >= 0.3 is 0 Å². The minimum absolute atomic E-state index is 0.216. The van der Waals surface area contributed by atoms with Crippen molar-refractivity contribution < 1.29 is 14.2 Å². The number of para-hydroxylation sites is 1. The first-order valence-electron chi connectivity index (χ1n) is 8.69. The molecule has 3 heterocycles. The number of rotatable bonds is 3. The van der Waals surface area contributed by atoms with Gasteiger partial charge in [0.15, 0.2) is 17.1 Å². The van der Waals surface area contributed by atoms with Gasteiger partial charge in [-0.2, -0.15) is 0 Å². The molecule has 0 saturated heterocycles. The van der Waals surface area contributed by atoms with Crippen molar-refractivity contribution in [1.82, 2.24) is 15.0 Å². The van der Waals surface area contributed by atoms with Gasteiger partial charge in [0.05, 0.1) is 18.2 Å². The molecule has 2 aromatic carbocycles. The molecular weight excluding hydrogens is 356 g/mol. The van der Waals surface area contributed by atoms with E-state index in [2.05, 4.69) is 9.97 Å². The van der Waals surface area contributed by atoms with Crippen molar-refractivity contribution in [3.8, 4) is 39.6 Å². The van der Waals surface area contributed by atoms with E-state index in [9.17, 15) is 0 Å². The normalized spacial score (nSPS) is 12.3. The Morgan fingerprint density at radius 2 is 1.82 bits per heavy atom. The molecule has 1 aliphatic rings. The standard InChI is InChI=1S/C21H16N4O3/c1-26-16-5-3-2-4-13(16)15-9-14(19-20(22)23-10-24-21(19)25-15)12-6-7-17-18(8-12)28-11-27-17/h2-10H,11H2,1H3,(H2,22,23,24,25). The number of ether oxygens (including phenoxy) is 3. The molecule has 0 fully saturated rings. The Kier molecular flexibility index (Phi) is 3.72. The van der Waals surface area contributed by atoms with E-state index >= 15 is 0 Å². The molecule has 7 heteroatoms. The summed E-state index contributed by atoms with van der Waals surface area (Å²) in [6.07, 6.45) is 1.42. The predicted molar refractivity (Wildman–Crippen MR) is 105 cm³/mol. The molecule has 1 aliphatic heterocycles. The van der Waals surface area contributed by atoms with Crippen LogP contribution in [0.25, 0.3) is 33.4 Å². The fourth-order valence-electron chi connectivity index (χ4n) is 3.37. The molecule has 2 N–H and O–H groups in total. The maximum atomic E-state index is 6.18. The van der Waals surface area contributed by atoms with Gasteiger partial charge < -0.3 is 19.9 Å². The summed E-state index contributed by atoms with van der Waals surface area (Å²) in [7, 11) is 1.64. The molecule has 7 nitrogen and oxygen atoms in total. The first kappa shape index (κ1) is 16.3. The summed E-state index contributed by atoms with van der Waals surface area (Å²) >= 11 is 0. The van der Waals surface area contributed by atoms with Crippen LogP contribution in [0.3, 0.4) is 0 Å². The van der Waals surface area contributed by atoms with Crippen molar-refractivity contribution in [2.24, 2.45) is 0 Å². The molecule has 138 valence electrons. The van der Waals surface area contributed by atoms with E-state index < -0.39 is 0 Å². The van der Waals surface area contributed by atoms with Crippen molar-refractivity contribution in [3.63, 3.8) is 0 Å². The lowest BCUT2D eigenvalue weighted by Crippen LogP contribution is -1.99. The van der Waals surface area contributed by atoms with E-state index in [0.717, 1.165) is 33.9 Å². The molecule has 0 atom stereocenters. The zero-order chi connectivity index (χ0) is 19.1. The molecular formula is C21H16N4O3. The van der Waals surface area contributed by atoms with Crippen LogP contribution in [0, 0.1) is 0 Å². The zero-order valence-corrected chi connectivity index (χ0v) is 15.0. The van der Waals surface area contributed by atoms with Crippen LogP contribution in [0.15, 0.2) is 54.9 Å². The van der Waals surface area contributed by atoms with Crippen LogP contribution in [-0.4, -0.2) is 28.9 Å². The topological polar surface area (TPSA) is 92.4 Å². The number of hydrogen-bond acceptors (Lipinski definition) is 7. The molecule has 0 aliphatic carbocycles. The number of pyridine rings is 1. The first-order valence-corrected chi connectivity index (χ1v) is 8.69. The summed E-state index contributed by atoms with van der Waals surface area (Å²) in [5.74, 6) is 2.51. The summed E-state index contributed by atoms with van der Waals surface area (Å²) in [4.78, 5) is 13.2. The average Bonchev–Trinajstić information content (AvgIpc) is 3.21. The van der Waals surface area contributed by atoms with Gasteiger partial charge in [-0.25, -0.2) is 15.0 Å². The second-order valence-corrected chi connectivity index (χ2v) is 6.28. The fraction of sp³-hybridized carbons (Fsp3) is 0.0952. The van der Waals surface area contributed by atoms with Crippen LogP contribution >= 0.6 is 0 Å². The minimum Gasteiger partial charge on any atom is -0.496 e. The third kappa shape index (κ3) is 2.56. The number of aromatic nitrogens is 3. The summed E-state index contributed by atoms with van der Waals surface area (Å²) in [6.45, 7) is 0.216. The number of nitrogens with zero attached hydrogens (tertiary/aromatic N) is 3. The lowest BCUT2D eigenvalue weighted by atomic mass is 9.99. The SMILES string of the molecule is COc1ccccc1-c1cc(-c2ccc3c(c2)OCO3)c2c(N)ncnc2n1. The minimum atomic E-state index is 0.216. The van der Waals surface area contributed by atoms with Gasteiger partial charge in [0.25, 0.3) is 0 Å². The van der Waals surface area contributed by atoms with E-state index in [1.165, 1.54) is 6.33 Å². The molecule has 0 saturated carbocycles. The van der Waals surface area contributed by atoms with Gasteiger partial charge in [0.1, 0.15) is 17.9 Å². The second-order valence-electron chi connectivity index (χ2n) is 6.28. The second kappa shape index (κ2) is 6.38. The Bertz CT molecular complexity index is 1210. The molecule has 0 amide bonds. The Labute approximate surface area is 160 Å².